The minimum Gasteiger partial charge on any atom is -0.469 e. The molecule has 1 aromatic heterocycles. The Morgan fingerprint density at radius 2 is 1.73 bits per heavy atom. The van der Waals surface area contributed by atoms with Gasteiger partial charge in [-0.15, -0.1) is 0 Å². The Hall–Kier alpha value is -3.23. The van der Waals surface area contributed by atoms with E-state index in [0.29, 0.717) is 49.5 Å². The van der Waals surface area contributed by atoms with Gasteiger partial charge in [-0.2, -0.15) is 0 Å². The summed E-state index contributed by atoms with van der Waals surface area (Å²) in [6.07, 6.45) is 0.899. The van der Waals surface area contributed by atoms with Gasteiger partial charge in [0.25, 0.3) is 0 Å². The number of para-hydroxylation sites is 2. The molecule has 1 aliphatic heterocycles. The maximum Gasteiger partial charge on any atom is 0.360 e. The largest absolute Gasteiger partial charge is 0.469 e. The Kier molecular flexibility index (Phi) is 7.16. The molecule has 2 aromatic rings. The predicted octanol–water partition coefficient (Wildman–Crippen LogP) is 1.80. The molecule has 0 N–H and O–H groups in total. The van der Waals surface area contributed by atoms with E-state index in [9.17, 15) is 14.4 Å². The van der Waals surface area contributed by atoms with Crippen molar-refractivity contribution in [2.45, 2.75) is 26.2 Å². The van der Waals surface area contributed by atoms with Gasteiger partial charge in [-0.05, 0) is 25.5 Å². The topological polar surface area (TPSA) is 102 Å². The number of nitrogens with zero attached hydrogens (tertiary/aromatic N) is 4. The number of hydrogen-bond donors (Lipinski definition) is 0. The van der Waals surface area contributed by atoms with Gasteiger partial charge in [0.2, 0.25) is 5.91 Å². The Morgan fingerprint density at radius 3 is 2.43 bits per heavy atom. The maximum atomic E-state index is 12.5. The van der Waals surface area contributed by atoms with Crippen molar-refractivity contribution < 1.29 is 23.9 Å². The lowest BCUT2D eigenvalue weighted by Gasteiger charge is -2.24. The highest BCUT2D eigenvalue weighted by atomic mass is 16.5. The fourth-order valence-corrected chi connectivity index (χ4v) is 3.40. The standard InChI is InChI=1S/C21H26N4O5/c1-3-30-21(28)19-20(23-16-8-5-4-7-15(16)22-19)25-12-6-11-24(13-14-25)17(26)9-10-18(27)29-2/h4-5,7-8H,3,6,9-14H2,1-2H3. The molecular formula is C21H26N4O5. The molecule has 1 saturated heterocycles. The third kappa shape index (κ3) is 5.03. The van der Waals surface area contributed by atoms with Gasteiger partial charge >= 0.3 is 11.9 Å². The van der Waals surface area contributed by atoms with Gasteiger partial charge in [0.1, 0.15) is 0 Å². The molecule has 160 valence electrons. The summed E-state index contributed by atoms with van der Waals surface area (Å²) < 4.78 is 9.79. The summed E-state index contributed by atoms with van der Waals surface area (Å²) in [4.78, 5) is 49.2. The van der Waals surface area contributed by atoms with Gasteiger partial charge in [-0.1, -0.05) is 12.1 Å². The molecular weight excluding hydrogens is 388 g/mol. The summed E-state index contributed by atoms with van der Waals surface area (Å²) >= 11 is 0. The number of ether oxygens (including phenoxy) is 2. The molecule has 3 rings (SSSR count). The second-order valence-corrected chi connectivity index (χ2v) is 6.90. The van der Waals surface area contributed by atoms with Crippen molar-refractivity contribution in [3.8, 4) is 0 Å². The highest BCUT2D eigenvalue weighted by Gasteiger charge is 2.26. The zero-order chi connectivity index (χ0) is 21.5. The fraction of sp³-hybridized carbons (Fsp3) is 0.476. The van der Waals surface area contributed by atoms with Crippen molar-refractivity contribution in [1.82, 2.24) is 14.9 Å². The number of benzene rings is 1. The molecule has 0 unspecified atom stereocenters. The molecule has 0 spiro atoms. The summed E-state index contributed by atoms with van der Waals surface area (Å²) in [7, 11) is 1.31. The van der Waals surface area contributed by atoms with E-state index in [4.69, 9.17) is 4.74 Å². The molecule has 2 heterocycles. The smallest absolute Gasteiger partial charge is 0.360 e. The fourth-order valence-electron chi connectivity index (χ4n) is 3.40. The van der Waals surface area contributed by atoms with Gasteiger partial charge in [-0.3, -0.25) is 9.59 Å². The van der Waals surface area contributed by atoms with Crippen molar-refractivity contribution in [3.05, 3.63) is 30.0 Å². The molecule has 0 atom stereocenters. The van der Waals surface area contributed by atoms with Crippen LogP contribution in [0.4, 0.5) is 5.82 Å². The number of carbonyl (C=O) groups excluding carboxylic acids is 3. The highest BCUT2D eigenvalue weighted by Crippen LogP contribution is 2.23. The second-order valence-electron chi connectivity index (χ2n) is 6.90. The molecule has 0 radical (unpaired) electrons. The van der Waals surface area contributed by atoms with Crippen LogP contribution in [0.5, 0.6) is 0 Å². The lowest BCUT2D eigenvalue weighted by molar-refractivity contribution is -0.143. The number of fused-ring (bicyclic) bond motifs is 1. The second kappa shape index (κ2) is 10.00. The Balaban J connectivity index is 1.80. The molecule has 1 aromatic carbocycles. The monoisotopic (exact) mass is 414 g/mol. The number of rotatable bonds is 6. The number of esters is 2. The summed E-state index contributed by atoms with van der Waals surface area (Å²) in [6, 6.07) is 7.37. The van der Waals surface area contributed by atoms with Crippen LogP contribution in [-0.4, -0.2) is 72.6 Å². The summed E-state index contributed by atoms with van der Waals surface area (Å²) in [5, 5.41) is 0. The molecule has 1 aliphatic rings. The van der Waals surface area contributed by atoms with Crippen LogP contribution in [0.15, 0.2) is 24.3 Å². The van der Waals surface area contributed by atoms with Gasteiger partial charge in [0.05, 0.1) is 31.2 Å². The summed E-state index contributed by atoms with van der Waals surface area (Å²) in [5.74, 6) is -0.528. The van der Waals surface area contributed by atoms with Crippen LogP contribution in [0, 0.1) is 0 Å². The number of anilines is 1. The zero-order valence-electron chi connectivity index (χ0n) is 17.3. The normalized spacial score (nSPS) is 14.3. The average molecular weight is 414 g/mol. The SMILES string of the molecule is CCOC(=O)c1nc2ccccc2nc1N1CCCN(C(=O)CCC(=O)OC)CC1. The van der Waals surface area contributed by atoms with E-state index in [1.807, 2.05) is 23.1 Å². The van der Waals surface area contributed by atoms with E-state index in [-0.39, 0.29) is 31.0 Å². The van der Waals surface area contributed by atoms with Gasteiger partial charge in [-0.25, -0.2) is 14.8 Å². The van der Waals surface area contributed by atoms with Gasteiger partial charge in [0, 0.05) is 32.6 Å². The molecule has 9 heteroatoms. The first kappa shape index (κ1) is 21.5. The van der Waals surface area contributed by atoms with Crippen molar-refractivity contribution in [1.29, 1.82) is 0 Å². The Morgan fingerprint density at radius 1 is 1.00 bits per heavy atom. The predicted molar refractivity (Wildman–Crippen MR) is 110 cm³/mol. The van der Waals surface area contributed by atoms with Crippen LogP contribution in [0.3, 0.4) is 0 Å². The highest BCUT2D eigenvalue weighted by molar-refractivity contribution is 5.95. The third-order valence-corrected chi connectivity index (χ3v) is 4.94. The van der Waals surface area contributed by atoms with Crippen LogP contribution in [0.25, 0.3) is 11.0 Å². The van der Waals surface area contributed by atoms with Gasteiger partial charge < -0.3 is 19.3 Å². The first-order valence-corrected chi connectivity index (χ1v) is 10.1. The summed E-state index contributed by atoms with van der Waals surface area (Å²) in [5.41, 5.74) is 1.50. The Labute approximate surface area is 175 Å². The number of aromatic nitrogens is 2. The number of hydrogen-bond acceptors (Lipinski definition) is 8. The maximum absolute atomic E-state index is 12.5. The Bertz CT molecular complexity index is 933. The van der Waals surface area contributed by atoms with Gasteiger partial charge in [0.15, 0.2) is 11.5 Å². The molecule has 30 heavy (non-hydrogen) atoms. The van der Waals surface area contributed by atoms with Crippen LogP contribution in [0.2, 0.25) is 0 Å². The first-order chi connectivity index (χ1) is 14.5. The van der Waals surface area contributed by atoms with E-state index in [1.165, 1.54) is 7.11 Å². The molecule has 0 saturated carbocycles. The van der Waals surface area contributed by atoms with Crippen LogP contribution >= 0.6 is 0 Å². The molecule has 9 nitrogen and oxygen atoms in total. The van der Waals surface area contributed by atoms with Crippen molar-refractivity contribution in [2.24, 2.45) is 0 Å². The third-order valence-electron chi connectivity index (χ3n) is 4.94. The van der Waals surface area contributed by atoms with E-state index < -0.39 is 11.9 Å². The molecule has 1 amide bonds. The average Bonchev–Trinajstić information content (AvgIpc) is 3.02. The van der Waals surface area contributed by atoms with Crippen molar-refractivity contribution in [2.75, 3.05) is 44.8 Å². The number of carbonyl (C=O) groups is 3. The van der Waals surface area contributed by atoms with Crippen molar-refractivity contribution in [3.63, 3.8) is 0 Å². The summed E-state index contributed by atoms with van der Waals surface area (Å²) in [6.45, 7) is 4.16. The van der Waals surface area contributed by atoms with E-state index in [1.54, 1.807) is 17.9 Å². The number of methoxy groups -OCH3 is 1. The quantitative estimate of drug-likeness (QED) is 0.660. The van der Waals surface area contributed by atoms with Crippen LogP contribution in [-0.2, 0) is 19.1 Å². The van der Waals surface area contributed by atoms with E-state index in [2.05, 4.69) is 14.7 Å². The first-order valence-electron chi connectivity index (χ1n) is 10.1. The van der Waals surface area contributed by atoms with Crippen LogP contribution in [0.1, 0.15) is 36.7 Å². The minimum absolute atomic E-state index is 0.0682. The zero-order valence-corrected chi connectivity index (χ0v) is 17.3. The van der Waals surface area contributed by atoms with E-state index >= 15 is 0 Å². The molecule has 1 fully saturated rings. The molecule has 0 bridgehead atoms. The number of amides is 1. The van der Waals surface area contributed by atoms with Crippen molar-refractivity contribution >= 4 is 34.7 Å². The minimum atomic E-state index is -0.513. The molecule has 0 aliphatic carbocycles. The lowest BCUT2D eigenvalue weighted by atomic mass is 10.2. The lowest BCUT2D eigenvalue weighted by Crippen LogP contribution is -2.36. The van der Waals surface area contributed by atoms with Crippen LogP contribution < -0.4 is 4.90 Å². The van der Waals surface area contributed by atoms with E-state index in [0.717, 1.165) is 0 Å².